The Balaban J connectivity index is 1.66. The van der Waals surface area contributed by atoms with Crippen LogP contribution in [0.1, 0.15) is 11.9 Å². The second-order valence-electron chi connectivity index (χ2n) is 4.62. The fourth-order valence-electron chi connectivity index (χ4n) is 2.07. The number of thiophene rings is 1. The zero-order valence-corrected chi connectivity index (χ0v) is 13.2. The highest BCUT2D eigenvalue weighted by Crippen LogP contribution is 2.28. The number of halogens is 1. The fourth-order valence-corrected chi connectivity index (χ4v) is 3.20. The Morgan fingerprint density at radius 2 is 2.25 bits per heavy atom. The standard InChI is InChI=1S/C12H15BrN4O2S/c13-10-5-8(7-20-10)12-15-11(16-19-12)9(14)6-17-1-3-18-4-2-17/h5,7,9H,1-4,6,14H2. The van der Waals surface area contributed by atoms with Gasteiger partial charge in [-0.05, 0) is 22.0 Å². The molecule has 108 valence electrons. The summed E-state index contributed by atoms with van der Waals surface area (Å²) < 4.78 is 11.6. The summed E-state index contributed by atoms with van der Waals surface area (Å²) in [4.78, 5) is 6.64. The van der Waals surface area contributed by atoms with Crippen LogP contribution in [0, 0.1) is 0 Å². The summed E-state index contributed by atoms with van der Waals surface area (Å²) in [6, 6.07) is 1.71. The lowest BCUT2D eigenvalue weighted by Gasteiger charge is -2.27. The van der Waals surface area contributed by atoms with Gasteiger partial charge in [-0.15, -0.1) is 11.3 Å². The van der Waals surface area contributed by atoms with Gasteiger partial charge in [-0.25, -0.2) is 0 Å². The predicted octanol–water partition coefficient (Wildman–Crippen LogP) is 1.89. The third-order valence-electron chi connectivity index (χ3n) is 3.15. The summed E-state index contributed by atoms with van der Waals surface area (Å²) in [7, 11) is 0. The Labute approximate surface area is 129 Å². The topological polar surface area (TPSA) is 77.4 Å². The van der Waals surface area contributed by atoms with Crippen LogP contribution in [0.2, 0.25) is 0 Å². The van der Waals surface area contributed by atoms with E-state index in [0.717, 1.165) is 42.2 Å². The van der Waals surface area contributed by atoms with Gasteiger partial charge in [0.2, 0.25) is 0 Å². The molecule has 2 aromatic rings. The van der Waals surface area contributed by atoms with E-state index in [9.17, 15) is 0 Å². The maximum absolute atomic E-state index is 6.15. The van der Waals surface area contributed by atoms with E-state index >= 15 is 0 Å². The van der Waals surface area contributed by atoms with E-state index in [2.05, 4.69) is 31.0 Å². The molecule has 1 aliphatic heterocycles. The van der Waals surface area contributed by atoms with E-state index in [0.29, 0.717) is 11.7 Å². The molecule has 0 spiro atoms. The van der Waals surface area contributed by atoms with Crippen LogP contribution >= 0.6 is 27.3 Å². The van der Waals surface area contributed by atoms with Crippen molar-refractivity contribution in [1.82, 2.24) is 15.0 Å². The van der Waals surface area contributed by atoms with Crippen LogP contribution in [0.4, 0.5) is 0 Å². The van der Waals surface area contributed by atoms with Crippen LogP contribution in [0.25, 0.3) is 11.5 Å². The van der Waals surface area contributed by atoms with Crippen molar-refractivity contribution in [2.24, 2.45) is 5.73 Å². The minimum absolute atomic E-state index is 0.243. The summed E-state index contributed by atoms with van der Waals surface area (Å²) >= 11 is 5.00. The molecule has 6 nitrogen and oxygen atoms in total. The molecule has 0 aromatic carbocycles. The molecule has 2 N–H and O–H groups in total. The lowest BCUT2D eigenvalue weighted by Crippen LogP contribution is -2.40. The highest BCUT2D eigenvalue weighted by atomic mass is 79.9. The first-order valence-electron chi connectivity index (χ1n) is 6.36. The third-order valence-corrected chi connectivity index (χ3v) is 4.65. The number of ether oxygens (including phenoxy) is 1. The summed E-state index contributed by atoms with van der Waals surface area (Å²) in [6.45, 7) is 4.03. The first-order chi connectivity index (χ1) is 9.72. The van der Waals surface area contributed by atoms with Gasteiger partial charge in [0.25, 0.3) is 5.89 Å². The largest absolute Gasteiger partial charge is 0.379 e. The Morgan fingerprint density at radius 3 is 2.95 bits per heavy atom. The molecule has 0 saturated carbocycles. The SMILES string of the molecule is NC(CN1CCOCC1)c1noc(-c2csc(Br)c2)n1. The average Bonchev–Trinajstić information content (AvgIpc) is 3.08. The van der Waals surface area contributed by atoms with Gasteiger partial charge in [-0.1, -0.05) is 5.16 Å². The van der Waals surface area contributed by atoms with E-state index in [1.807, 2.05) is 11.4 Å². The van der Waals surface area contributed by atoms with Gasteiger partial charge in [0.1, 0.15) is 0 Å². The quantitative estimate of drug-likeness (QED) is 0.899. The Bertz CT molecular complexity index is 567. The number of morpholine rings is 1. The lowest BCUT2D eigenvalue weighted by molar-refractivity contribution is 0.0348. The van der Waals surface area contributed by atoms with Crippen molar-refractivity contribution in [3.8, 4) is 11.5 Å². The number of nitrogens with zero attached hydrogens (tertiary/aromatic N) is 3. The van der Waals surface area contributed by atoms with Crippen molar-refractivity contribution in [3.63, 3.8) is 0 Å². The molecule has 2 aromatic heterocycles. The molecule has 0 radical (unpaired) electrons. The Hall–Kier alpha value is -0.800. The van der Waals surface area contributed by atoms with Crippen molar-refractivity contribution < 1.29 is 9.26 Å². The molecular formula is C12H15BrN4O2S. The molecule has 3 heterocycles. The molecule has 8 heteroatoms. The molecule has 1 atom stereocenters. The summed E-state index contributed by atoms with van der Waals surface area (Å²) in [5.74, 6) is 1.06. The van der Waals surface area contributed by atoms with Crippen molar-refractivity contribution in [1.29, 1.82) is 0 Å². The second-order valence-corrected chi connectivity index (χ2v) is 6.91. The molecule has 3 rings (SSSR count). The third kappa shape index (κ3) is 3.26. The van der Waals surface area contributed by atoms with Crippen molar-refractivity contribution in [3.05, 3.63) is 21.1 Å². The minimum Gasteiger partial charge on any atom is -0.379 e. The van der Waals surface area contributed by atoms with E-state index in [-0.39, 0.29) is 6.04 Å². The van der Waals surface area contributed by atoms with Gasteiger partial charge >= 0.3 is 0 Å². The fraction of sp³-hybridized carbons (Fsp3) is 0.500. The molecule has 20 heavy (non-hydrogen) atoms. The molecule has 1 aliphatic rings. The zero-order valence-electron chi connectivity index (χ0n) is 10.8. The van der Waals surface area contributed by atoms with Crippen LogP contribution in [0.15, 0.2) is 19.8 Å². The van der Waals surface area contributed by atoms with Crippen LogP contribution in [-0.2, 0) is 4.74 Å². The first kappa shape index (κ1) is 14.2. The number of hydrogen-bond acceptors (Lipinski definition) is 7. The first-order valence-corrected chi connectivity index (χ1v) is 8.03. The van der Waals surface area contributed by atoms with E-state index < -0.39 is 0 Å². The van der Waals surface area contributed by atoms with Crippen molar-refractivity contribution in [2.45, 2.75) is 6.04 Å². The summed E-state index contributed by atoms with van der Waals surface area (Å²) in [5, 5.41) is 5.95. The molecule has 1 unspecified atom stereocenters. The highest BCUT2D eigenvalue weighted by molar-refractivity contribution is 9.11. The Kier molecular flexibility index (Phi) is 4.47. The van der Waals surface area contributed by atoms with Crippen LogP contribution < -0.4 is 5.73 Å². The molecule has 0 bridgehead atoms. The number of rotatable bonds is 4. The molecule has 1 fully saturated rings. The van der Waals surface area contributed by atoms with Gasteiger partial charge in [0, 0.05) is 25.0 Å². The molecule has 0 amide bonds. The normalized spacial score (nSPS) is 18.3. The number of nitrogens with two attached hydrogens (primary N) is 1. The predicted molar refractivity (Wildman–Crippen MR) is 79.5 cm³/mol. The second kappa shape index (κ2) is 6.31. The molecule has 1 saturated heterocycles. The highest BCUT2D eigenvalue weighted by Gasteiger charge is 2.20. The van der Waals surface area contributed by atoms with Gasteiger partial charge < -0.3 is 15.0 Å². The zero-order chi connectivity index (χ0) is 13.9. The maximum atomic E-state index is 6.15. The van der Waals surface area contributed by atoms with Crippen LogP contribution in [-0.4, -0.2) is 47.9 Å². The van der Waals surface area contributed by atoms with Crippen LogP contribution in [0.3, 0.4) is 0 Å². The van der Waals surface area contributed by atoms with Crippen molar-refractivity contribution in [2.75, 3.05) is 32.8 Å². The number of hydrogen-bond donors (Lipinski definition) is 1. The van der Waals surface area contributed by atoms with E-state index in [1.54, 1.807) is 11.3 Å². The van der Waals surface area contributed by atoms with E-state index in [1.165, 1.54) is 0 Å². The van der Waals surface area contributed by atoms with Crippen molar-refractivity contribution >= 4 is 27.3 Å². The van der Waals surface area contributed by atoms with Gasteiger partial charge in [-0.2, -0.15) is 4.98 Å². The number of aromatic nitrogens is 2. The Morgan fingerprint density at radius 1 is 1.45 bits per heavy atom. The maximum Gasteiger partial charge on any atom is 0.258 e. The smallest absolute Gasteiger partial charge is 0.258 e. The monoisotopic (exact) mass is 358 g/mol. The van der Waals surface area contributed by atoms with Gasteiger partial charge in [0.15, 0.2) is 5.82 Å². The van der Waals surface area contributed by atoms with Gasteiger partial charge in [-0.3, -0.25) is 4.90 Å². The average molecular weight is 359 g/mol. The molecular weight excluding hydrogens is 344 g/mol. The minimum atomic E-state index is -0.243. The summed E-state index contributed by atoms with van der Waals surface area (Å²) in [5.41, 5.74) is 7.06. The van der Waals surface area contributed by atoms with Gasteiger partial charge in [0.05, 0.1) is 28.6 Å². The molecule has 0 aliphatic carbocycles. The summed E-state index contributed by atoms with van der Waals surface area (Å²) in [6.07, 6.45) is 0. The van der Waals surface area contributed by atoms with Crippen LogP contribution in [0.5, 0.6) is 0 Å². The lowest BCUT2D eigenvalue weighted by atomic mass is 10.2. The van der Waals surface area contributed by atoms with E-state index in [4.69, 9.17) is 15.0 Å².